The fraction of sp³-hybridized carbons (Fsp3) is 0.154. The van der Waals surface area contributed by atoms with Crippen LogP contribution in [0.15, 0.2) is 51.8 Å². The third kappa shape index (κ3) is 2.68. The molecule has 0 heterocycles. The van der Waals surface area contributed by atoms with Crippen LogP contribution in [0.5, 0.6) is 0 Å². The Morgan fingerprint density at radius 1 is 1.06 bits per heavy atom. The van der Waals surface area contributed by atoms with E-state index < -0.39 is 10.0 Å². The summed E-state index contributed by atoms with van der Waals surface area (Å²) in [7, 11) is -0.176. The molecular formula is C13H14N2O2S. The molecule has 0 saturated carbocycles. The quantitative estimate of drug-likeness (QED) is 0.629. The van der Waals surface area contributed by atoms with E-state index in [1.165, 1.54) is 6.34 Å². The highest BCUT2D eigenvalue weighted by atomic mass is 32.2. The molecular weight excluding hydrogens is 248 g/mol. The van der Waals surface area contributed by atoms with Crippen molar-refractivity contribution in [1.29, 1.82) is 0 Å². The van der Waals surface area contributed by atoms with Crippen LogP contribution in [0.25, 0.3) is 10.8 Å². The minimum Gasteiger partial charge on any atom is -0.368 e. The lowest BCUT2D eigenvalue weighted by atomic mass is 10.1. The molecule has 5 heteroatoms. The standard InChI is InChI=1S/C13H14N2O2S/c1-15(2)10-14-18(16,17)13-8-7-11-5-3-4-6-12(11)9-13/h3-10H,1-2H3/b14-10+. The maximum Gasteiger partial charge on any atom is 0.283 e. The number of hydrogen-bond acceptors (Lipinski definition) is 2. The average molecular weight is 262 g/mol. The molecule has 2 aromatic carbocycles. The molecule has 0 N–H and O–H groups in total. The Morgan fingerprint density at radius 3 is 2.39 bits per heavy atom. The summed E-state index contributed by atoms with van der Waals surface area (Å²) < 4.78 is 27.5. The minimum absolute atomic E-state index is 0.208. The summed E-state index contributed by atoms with van der Waals surface area (Å²) in [5.41, 5.74) is 0. The van der Waals surface area contributed by atoms with Crippen molar-refractivity contribution in [2.45, 2.75) is 4.90 Å². The molecule has 0 bridgehead atoms. The van der Waals surface area contributed by atoms with Gasteiger partial charge < -0.3 is 4.90 Å². The Bertz CT molecular complexity index is 691. The van der Waals surface area contributed by atoms with Crippen LogP contribution >= 0.6 is 0 Å². The van der Waals surface area contributed by atoms with Crippen molar-refractivity contribution in [2.75, 3.05) is 14.1 Å². The second-order valence-electron chi connectivity index (χ2n) is 4.17. The monoisotopic (exact) mass is 262 g/mol. The molecule has 0 spiro atoms. The molecule has 4 nitrogen and oxygen atoms in total. The van der Waals surface area contributed by atoms with Crippen LogP contribution < -0.4 is 0 Å². The van der Waals surface area contributed by atoms with E-state index in [1.54, 1.807) is 37.2 Å². The van der Waals surface area contributed by atoms with Crippen LogP contribution in [0.3, 0.4) is 0 Å². The third-order valence-electron chi connectivity index (χ3n) is 2.44. The van der Waals surface area contributed by atoms with E-state index in [4.69, 9.17) is 0 Å². The highest BCUT2D eigenvalue weighted by Gasteiger charge is 2.12. The van der Waals surface area contributed by atoms with Crippen molar-refractivity contribution in [2.24, 2.45) is 4.40 Å². The van der Waals surface area contributed by atoms with Crippen molar-refractivity contribution < 1.29 is 8.42 Å². The highest BCUT2D eigenvalue weighted by Crippen LogP contribution is 2.20. The Labute approximate surface area is 107 Å². The fourth-order valence-electron chi connectivity index (χ4n) is 1.55. The first-order valence-electron chi connectivity index (χ1n) is 5.45. The van der Waals surface area contributed by atoms with Gasteiger partial charge in [-0.15, -0.1) is 4.40 Å². The maximum absolute atomic E-state index is 12.0. The molecule has 0 amide bonds. The Hall–Kier alpha value is -1.88. The number of fused-ring (bicyclic) bond motifs is 1. The molecule has 0 aliphatic carbocycles. The summed E-state index contributed by atoms with van der Waals surface area (Å²) >= 11 is 0. The maximum atomic E-state index is 12.0. The van der Waals surface area contributed by atoms with Gasteiger partial charge in [-0.2, -0.15) is 8.42 Å². The fourth-order valence-corrected chi connectivity index (χ4v) is 2.50. The Balaban J connectivity index is 2.48. The largest absolute Gasteiger partial charge is 0.368 e. The van der Waals surface area contributed by atoms with Crippen molar-refractivity contribution in [1.82, 2.24) is 4.90 Å². The van der Waals surface area contributed by atoms with E-state index >= 15 is 0 Å². The predicted octanol–water partition coefficient (Wildman–Crippen LogP) is 2.12. The van der Waals surface area contributed by atoms with Crippen LogP contribution in [-0.4, -0.2) is 33.8 Å². The molecule has 0 aromatic heterocycles. The van der Waals surface area contributed by atoms with Gasteiger partial charge in [0.2, 0.25) is 0 Å². The van der Waals surface area contributed by atoms with Crippen LogP contribution in [0.4, 0.5) is 0 Å². The van der Waals surface area contributed by atoms with Gasteiger partial charge in [0.05, 0.1) is 4.90 Å². The molecule has 94 valence electrons. The first kappa shape index (κ1) is 12.6. The van der Waals surface area contributed by atoms with Gasteiger partial charge in [-0.05, 0) is 22.9 Å². The second-order valence-corrected chi connectivity index (χ2v) is 5.80. The Morgan fingerprint density at radius 2 is 1.72 bits per heavy atom. The third-order valence-corrected chi connectivity index (χ3v) is 3.66. The van der Waals surface area contributed by atoms with Crippen LogP contribution in [0, 0.1) is 0 Å². The zero-order valence-corrected chi connectivity index (χ0v) is 11.1. The van der Waals surface area contributed by atoms with Gasteiger partial charge in [-0.1, -0.05) is 30.3 Å². The van der Waals surface area contributed by atoms with Crippen LogP contribution in [0.2, 0.25) is 0 Å². The lowest BCUT2D eigenvalue weighted by molar-refractivity contribution is 0.595. The minimum atomic E-state index is -3.62. The van der Waals surface area contributed by atoms with Crippen molar-refractivity contribution in [3.63, 3.8) is 0 Å². The van der Waals surface area contributed by atoms with E-state index in [0.717, 1.165) is 10.8 Å². The normalized spacial score (nSPS) is 12.1. The van der Waals surface area contributed by atoms with Gasteiger partial charge in [0.1, 0.15) is 6.34 Å². The van der Waals surface area contributed by atoms with Gasteiger partial charge in [0.15, 0.2) is 0 Å². The SMILES string of the molecule is CN(C)/C=N/S(=O)(=O)c1ccc2ccccc2c1. The molecule has 0 aliphatic rings. The Kier molecular flexibility index (Phi) is 3.34. The van der Waals surface area contributed by atoms with Crippen molar-refractivity contribution in [3.05, 3.63) is 42.5 Å². The molecule has 2 aromatic rings. The lowest BCUT2D eigenvalue weighted by Gasteiger charge is -2.04. The van der Waals surface area contributed by atoms with Crippen molar-refractivity contribution >= 4 is 27.1 Å². The van der Waals surface area contributed by atoms with Gasteiger partial charge in [0, 0.05) is 14.1 Å². The van der Waals surface area contributed by atoms with E-state index in [9.17, 15) is 8.42 Å². The molecule has 0 aliphatic heterocycles. The zero-order chi connectivity index (χ0) is 13.2. The lowest BCUT2D eigenvalue weighted by Crippen LogP contribution is -2.10. The van der Waals surface area contributed by atoms with Gasteiger partial charge in [-0.25, -0.2) is 0 Å². The number of nitrogens with zero attached hydrogens (tertiary/aromatic N) is 2. The second kappa shape index (κ2) is 4.78. The highest BCUT2D eigenvalue weighted by molar-refractivity contribution is 7.90. The molecule has 0 atom stereocenters. The van der Waals surface area contributed by atoms with E-state index in [2.05, 4.69) is 4.40 Å². The summed E-state index contributed by atoms with van der Waals surface area (Å²) in [6.07, 6.45) is 1.28. The summed E-state index contributed by atoms with van der Waals surface area (Å²) in [6.45, 7) is 0. The first-order chi connectivity index (χ1) is 8.49. The molecule has 0 saturated heterocycles. The number of hydrogen-bond donors (Lipinski definition) is 0. The van der Waals surface area contributed by atoms with Gasteiger partial charge >= 0.3 is 0 Å². The summed E-state index contributed by atoms with van der Waals surface area (Å²) in [4.78, 5) is 1.79. The number of rotatable bonds is 3. The molecule has 2 rings (SSSR count). The molecule has 18 heavy (non-hydrogen) atoms. The van der Waals surface area contributed by atoms with Crippen LogP contribution in [0.1, 0.15) is 0 Å². The van der Waals surface area contributed by atoms with Gasteiger partial charge in [0.25, 0.3) is 10.0 Å². The topological polar surface area (TPSA) is 49.7 Å². The summed E-state index contributed by atoms with van der Waals surface area (Å²) in [5.74, 6) is 0. The van der Waals surface area contributed by atoms with E-state index in [-0.39, 0.29) is 4.90 Å². The zero-order valence-electron chi connectivity index (χ0n) is 10.2. The molecule has 0 radical (unpaired) electrons. The summed E-state index contributed by atoms with van der Waals surface area (Å²) in [5, 5.41) is 1.90. The first-order valence-corrected chi connectivity index (χ1v) is 6.89. The number of benzene rings is 2. The smallest absolute Gasteiger partial charge is 0.283 e. The predicted molar refractivity (Wildman–Crippen MR) is 73.3 cm³/mol. The van der Waals surface area contributed by atoms with E-state index in [1.807, 2.05) is 24.3 Å². The van der Waals surface area contributed by atoms with Gasteiger partial charge in [-0.3, -0.25) is 0 Å². The summed E-state index contributed by atoms with van der Waals surface area (Å²) in [6, 6.07) is 12.6. The van der Waals surface area contributed by atoms with Crippen LogP contribution in [-0.2, 0) is 10.0 Å². The average Bonchev–Trinajstić information content (AvgIpc) is 2.36. The number of sulfonamides is 1. The molecule has 0 fully saturated rings. The van der Waals surface area contributed by atoms with Crippen molar-refractivity contribution in [3.8, 4) is 0 Å². The van der Waals surface area contributed by atoms with E-state index in [0.29, 0.717) is 0 Å². The molecule has 0 unspecified atom stereocenters.